The summed E-state index contributed by atoms with van der Waals surface area (Å²) in [6.07, 6.45) is 4.06. The monoisotopic (exact) mass is 291 g/mol. The lowest BCUT2D eigenvalue weighted by atomic mass is 10.0. The Labute approximate surface area is 123 Å². The number of hydrogen-bond acceptors (Lipinski definition) is 7. The predicted molar refractivity (Wildman–Crippen MR) is 80.5 cm³/mol. The highest BCUT2D eigenvalue weighted by Gasteiger charge is 2.18. The first kappa shape index (κ1) is 15.2. The smallest absolute Gasteiger partial charge is 0.257 e. The summed E-state index contributed by atoms with van der Waals surface area (Å²) in [5.74, 6) is 1.29. The SMILES string of the molecule is CCNc1nc(NCC(C)(O)CC)nc(-n2cccn2)n1. The average molecular weight is 291 g/mol. The van der Waals surface area contributed by atoms with Crippen molar-refractivity contribution >= 4 is 11.9 Å². The van der Waals surface area contributed by atoms with Gasteiger partial charge in [0.2, 0.25) is 11.9 Å². The molecule has 0 spiro atoms. The second-order valence-corrected chi connectivity index (χ2v) is 4.97. The van der Waals surface area contributed by atoms with Gasteiger partial charge in [0.1, 0.15) is 0 Å². The minimum Gasteiger partial charge on any atom is -0.388 e. The summed E-state index contributed by atoms with van der Waals surface area (Å²) < 4.78 is 1.56. The maximum absolute atomic E-state index is 10.0. The van der Waals surface area contributed by atoms with Gasteiger partial charge in [0.25, 0.3) is 5.95 Å². The fourth-order valence-electron chi connectivity index (χ4n) is 1.57. The van der Waals surface area contributed by atoms with Gasteiger partial charge in [-0.25, -0.2) is 4.68 Å². The van der Waals surface area contributed by atoms with E-state index >= 15 is 0 Å². The first-order valence-electron chi connectivity index (χ1n) is 7.00. The van der Waals surface area contributed by atoms with Crippen LogP contribution < -0.4 is 10.6 Å². The Balaban J connectivity index is 2.24. The van der Waals surface area contributed by atoms with E-state index in [1.807, 2.05) is 13.8 Å². The summed E-state index contributed by atoms with van der Waals surface area (Å²) in [6.45, 7) is 6.72. The molecule has 0 fully saturated rings. The lowest BCUT2D eigenvalue weighted by Gasteiger charge is -2.21. The molecule has 2 aromatic heterocycles. The molecule has 0 aliphatic carbocycles. The number of anilines is 2. The van der Waals surface area contributed by atoms with Crippen LogP contribution in [0.5, 0.6) is 0 Å². The lowest BCUT2D eigenvalue weighted by molar-refractivity contribution is 0.0695. The van der Waals surface area contributed by atoms with Gasteiger partial charge >= 0.3 is 0 Å². The fourth-order valence-corrected chi connectivity index (χ4v) is 1.57. The van der Waals surface area contributed by atoms with Crippen LogP contribution >= 0.6 is 0 Å². The predicted octanol–water partition coefficient (Wildman–Crippen LogP) is 1.06. The van der Waals surface area contributed by atoms with Crippen LogP contribution in [0.3, 0.4) is 0 Å². The number of aromatic nitrogens is 5. The number of rotatable bonds is 7. The Morgan fingerprint density at radius 2 is 1.90 bits per heavy atom. The maximum Gasteiger partial charge on any atom is 0.257 e. The molecule has 8 heteroatoms. The molecule has 2 aromatic rings. The van der Waals surface area contributed by atoms with Crippen molar-refractivity contribution in [1.82, 2.24) is 24.7 Å². The molecule has 0 saturated carbocycles. The molecule has 0 saturated heterocycles. The van der Waals surface area contributed by atoms with Crippen LogP contribution in [0.1, 0.15) is 27.2 Å². The summed E-state index contributed by atoms with van der Waals surface area (Å²) in [6, 6.07) is 1.80. The van der Waals surface area contributed by atoms with Crippen LogP contribution in [-0.4, -0.2) is 48.5 Å². The third-order valence-electron chi connectivity index (χ3n) is 3.06. The molecule has 0 bridgehead atoms. The van der Waals surface area contributed by atoms with Crippen molar-refractivity contribution in [2.45, 2.75) is 32.8 Å². The third kappa shape index (κ3) is 4.12. The highest BCUT2D eigenvalue weighted by Crippen LogP contribution is 2.12. The van der Waals surface area contributed by atoms with Crippen LogP contribution in [0.25, 0.3) is 5.95 Å². The largest absolute Gasteiger partial charge is 0.388 e. The number of aliphatic hydroxyl groups is 1. The van der Waals surface area contributed by atoms with Crippen molar-refractivity contribution in [3.05, 3.63) is 18.5 Å². The van der Waals surface area contributed by atoms with E-state index < -0.39 is 5.60 Å². The van der Waals surface area contributed by atoms with Gasteiger partial charge in [-0.15, -0.1) is 0 Å². The Morgan fingerprint density at radius 1 is 1.19 bits per heavy atom. The van der Waals surface area contributed by atoms with Crippen molar-refractivity contribution in [1.29, 1.82) is 0 Å². The molecular weight excluding hydrogens is 270 g/mol. The number of hydrogen-bond donors (Lipinski definition) is 3. The van der Waals surface area contributed by atoms with Gasteiger partial charge in [0.15, 0.2) is 0 Å². The zero-order chi connectivity index (χ0) is 15.3. The van der Waals surface area contributed by atoms with Crippen molar-refractivity contribution in [2.75, 3.05) is 23.7 Å². The molecule has 2 rings (SSSR count). The highest BCUT2D eigenvalue weighted by atomic mass is 16.3. The van der Waals surface area contributed by atoms with E-state index in [-0.39, 0.29) is 0 Å². The molecule has 0 amide bonds. The molecular formula is C13H21N7O. The zero-order valence-electron chi connectivity index (χ0n) is 12.5. The standard InChI is InChI=1S/C13H21N7O/c1-4-13(3,21)9-15-11-17-10(14-5-2)18-12(19-11)20-8-6-7-16-20/h6-8,21H,4-5,9H2,1-3H3,(H2,14,15,17,18,19). The second kappa shape index (κ2) is 6.49. The van der Waals surface area contributed by atoms with Crippen molar-refractivity contribution in [3.8, 4) is 5.95 Å². The first-order chi connectivity index (χ1) is 10.0. The zero-order valence-corrected chi connectivity index (χ0v) is 12.5. The molecule has 21 heavy (non-hydrogen) atoms. The van der Waals surface area contributed by atoms with Crippen molar-refractivity contribution in [3.63, 3.8) is 0 Å². The topological polar surface area (TPSA) is 101 Å². The van der Waals surface area contributed by atoms with E-state index in [2.05, 4.69) is 30.7 Å². The van der Waals surface area contributed by atoms with Crippen LogP contribution in [-0.2, 0) is 0 Å². The summed E-state index contributed by atoms with van der Waals surface area (Å²) in [7, 11) is 0. The third-order valence-corrected chi connectivity index (χ3v) is 3.06. The second-order valence-electron chi connectivity index (χ2n) is 4.97. The Bertz CT molecular complexity index is 568. The minimum atomic E-state index is -0.809. The summed E-state index contributed by atoms with van der Waals surface area (Å²) in [5, 5.41) is 20.3. The number of nitrogens with one attached hydrogen (secondary N) is 2. The van der Waals surface area contributed by atoms with Gasteiger partial charge < -0.3 is 15.7 Å². The lowest BCUT2D eigenvalue weighted by Crippen LogP contribution is -2.33. The molecule has 3 N–H and O–H groups in total. The van der Waals surface area contributed by atoms with Gasteiger partial charge in [-0.2, -0.15) is 20.1 Å². The molecule has 8 nitrogen and oxygen atoms in total. The van der Waals surface area contributed by atoms with E-state index in [1.165, 1.54) is 0 Å². The van der Waals surface area contributed by atoms with Crippen molar-refractivity contribution < 1.29 is 5.11 Å². The van der Waals surface area contributed by atoms with E-state index in [0.717, 1.165) is 0 Å². The summed E-state index contributed by atoms with van der Waals surface area (Å²) in [5.41, 5.74) is -0.809. The molecule has 2 heterocycles. The normalized spacial score (nSPS) is 13.7. The summed E-state index contributed by atoms with van der Waals surface area (Å²) in [4.78, 5) is 12.9. The summed E-state index contributed by atoms with van der Waals surface area (Å²) >= 11 is 0. The van der Waals surface area contributed by atoms with Crippen LogP contribution in [0, 0.1) is 0 Å². The molecule has 1 unspecified atom stereocenters. The molecule has 0 aliphatic rings. The minimum absolute atomic E-state index is 0.359. The van der Waals surface area contributed by atoms with E-state index in [4.69, 9.17) is 0 Å². The maximum atomic E-state index is 10.0. The van der Waals surface area contributed by atoms with Gasteiger partial charge in [0.05, 0.1) is 5.60 Å². The Kier molecular flexibility index (Phi) is 4.69. The molecule has 0 aromatic carbocycles. The van der Waals surface area contributed by atoms with Crippen LogP contribution in [0.2, 0.25) is 0 Å². The molecule has 0 aliphatic heterocycles. The average Bonchev–Trinajstić information content (AvgIpc) is 3.00. The molecule has 114 valence electrons. The quantitative estimate of drug-likeness (QED) is 0.701. The van der Waals surface area contributed by atoms with Gasteiger partial charge in [-0.3, -0.25) is 0 Å². The fraction of sp³-hybridized carbons (Fsp3) is 0.538. The van der Waals surface area contributed by atoms with Crippen LogP contribution in [0.15, 0.2) is 18.5 Å². The first-order valence-corrected chi connectivity index (χ1v) is 7.00. The highest BCUT2D eigenvalue weighted by molar-refractivity contribution is 5.37. The van der Waals surface area contributed by atoms with Gasteiger partial charge in [-0.1, -0.05) is 6.92 Å². The Hall–Kier alpha value is -2.22. The number of nitrogens with zero attached hydrogens (tertiary/aromatic N) is 5. The van der Waals surface area contributed by atoms with E-state index in [9.17, 15) is 5.11 Å². The van der Waals surface area contributed by atoms with Gasteiger partial charge in [0, 0.05) is 25.5 Å². The van der Waals surface area contributed by atoms with Crippen molar-refractivity contribution in [2.24, 2.45) is 0 Å². The Morgan fingerprint density at radius 3 is 2.48 bits per heavy atom. The van der Waals surface area contributed by atoms with E-state index in [0.29, 0.717) is 37.4 Å². The van der Waals surface area contributed by atoms with Gasteiger partial charge in [-0.05, 0) is 26.3 Å². The molecule has 1 atom stereocenters. The van der Waals surface area contributed by atoms with Crippen LogP contribution in [0.4, 0.5) is 11.9 Å². The van der Waals surface area contributed by atoms with E-state index in [1.54, 1.807) is 30.1 Å². The molecule has 0 radical (unpaired) electrons.